The smallest absolute Gasteiger partial charge is 0.305 e. The van der Waals surface area contributed by atoms with Crippen molar-refractivity contribution in [1.82, 2.24) is 4.90 Å². The van der Waals surface area contributed by atoms with E-state index in [0.29, 0.717) is 12.5 Å². The Kier molecular flexibility index (Phi) is 5.61. The van der Waals surface area contributed by atoms with Crippen LogP contribution in [0.25, 0.3) is 0 Å². The van der Waals surface area contributed by atoms with Gasteiger partial charge in [0.25, 0.3) is 5.91 Å². The third kappa shape index (κ3) is 4.01. The fourth-order valence-corrected chi connectivity index (χ4v) is 1.69. The van der Waals surface area contributed by atoms with Crippen LogP contribution < -0.4 is 0 Å². The predicted molar refractivity (Wildman–Crippen MR) is 69.3 cm³/mol. The van der Waals surface area contributed by atoms with Crippen LogP contribution in [0.2, 0.25) is 0 Å². The highest BCUT2D eigenvalue weighted by molar-refractivity contribution is 5.94. The molecular weight excluding hydrogens is 268 g/mol. The zero-order chi connectivity index (χ0) is 15.3. The average molecular weight is 285 g/mol. The van der Waals surface area contributed by atoms with Gasteiger partial charge in [-0.25, -0.2) is 8.78 Å². The molecule has 0 atom stereocenters. The maximum absolute atomic E-state index is 13.6. The number of methoxy groups -OCH3 is 1. The third-order valence-electron chi connectivity index (χ3n) is 2.93. The second-order valence-electron chi connectivity index (χ2n) is 4.49. The van der Waals surface area contributed by atoms with Crippen LogP contribution >= 0.6 is 0 Å². The molecule has 0 spiro atoms. The summed E-state index contributed by atoms with van der Waals surface area (Å²) in [4.78, 5) is 24.3. The van der Waals surface area contributed by atoms with Crippen LogP contribution in [-0.2, 0) is 9.53 Å². The number of benzene rings is 1. The van der Waals surface area contributed by atoms with Gasteiger partial charge in [0.1, 0.15) is 11.6 Å². The summed E-state index contributed by atoms with van der Waals surface area (Å²) in [5, 5.41) is 0. The topological polar surface area (TPSA) is 46.6 Å². The molecule has 0 radical (unpaired) electrons. The van der Waals surface area contributed by atoms with Crippen LogP contribution in [0.4, 0.5) is 8.78 Å². The van der Waals surface area contributed by atoms with Crippen molar-refractivity contribution in [2.45, 2.75) is 19.8 Å². The number of hydrogen-bond acceptors (Lipinski definition) is 3. The summed E-state index contributed by atoms with van der Waals surface area (Å²) < 4.78 is 31.2. The lowest BCUT2D eigenvalue weighted by atomic mass is 10.1. The Bertz CT molecular complexity index is 517. The molecule has 6 heteroatoms. The number of amides is 1. The number of carbonyl (C=O) groups excluding carboxylic acids is 2. The highest BCUT2D eigenvalue weighted by atomic mass is 19.1. The third-order valence-corrected chi connectivity index (χ3v) is 2.93. The summed E-state index contributed by atoms with van der Waals surface area (Å²) in [7, 11) is 2.78. The van der Waals surface area contributed by atoms with E-state index in [9.17, 15) is 18.4 Å². The number of nitrogens with zero attached hydrogens (tertiary/aromatic N) is 1. The van der Waals surface area contributed by atoms with E-state index < -0.39 is 17.5 Å². The molecule has 0 N–H and O–H groups in total. The van der Waals surface area contributed by atoms with Crippen molar-refractivity contribution in [2.24, 2.45) is 0 Å². The Morgan fingerprint density at radius 2 is 1.90 bits per heavy atom. The van der Waals surface area contributed by atoms with E-state index in [4.69, 9.17) is 0 Å². The minimum atomic E-state index is -0.891. The van der Waals surface area contributed by atoms with Crippen molar-refractivity contribution in [3.8, 4) is 0 Å². The van der Waals surface area contributed by atoms with Gasteiger partial charge < -0.3 is 9.64 Å². The van der Waals surface area contributed by atoms with Gasteiger partial charge in [0.05, 0.1) is 12.7 Å². The molecule has 1 amide bonds. The van der Waals surface area contributed by atoms with E-state index in [0.717, 1.165) is 0 Å². The molecule has 110 valence electrons. The largest absolute Gasteiger partial charge is 0.469 e. The number of aryl methyl sites for hydroxylation is 1. The van der Waals surface area contributed by atoms with Gasteiger partial charge in [0, 0.05) is 26.1 Å². The highest BCUT2D eigenvalue weighted by Gasteiger charge is 2.18. The summed E-state index contributed by atoms with van der Waals surface area (Å²) in [5.41, 5.74) is 0.0298. The van der Waals surface area contributed by atoms with Gasteiger partial charge in [-0.15, -0.1) is 0 Å². The molecule has 0 fully saturated rings. The van der Waals surface area contributed by atoms with Crippen LogP contribution in [0.3, 0.4) is 0 Å². The van der Waals surface area contributed by atoms with Gasteiger partial charge in [-0.05, 0) is 25.0 Å². The molecule has 1 aromatic rings. The molecule has 4 nitrogen and oxygen atoms in total. The van der Waals surface area contributed by atoms with E-state index in [1.54, 1.807) is 0 Å². The molecule has 1 rings (SSSR count). The molecule has 0 aliphatic rings. The molecule has 0 aliphatic carbocycles. The Labute approximate surface area is 116 Å². The summed E-state index contributed by atoms with van der Waals surface area (Å²) in [5.74, 6) is -2.49. The van der Waals surface area contributed by atoms with Crippen molar-refractivity contribution >= 4 is 11.9 Å². The number of rotatable bonds is 5. The summed E-state index contributed by atoms with van der Waals surface area (Å²) in [6.07, 6.45) is 0.593. The fraction of sp³-hybridized carbons (Fsp3) is 0.429. The molecule has 0 unspecified atom stereocenters. The van der Waals surface area contributed by atoms with Crippen LogP contribution in [-0.4, -0.2) is 37.5 Å². The maximum Gasteiger partial charge on any atom is 0.305 e. The average Bonchev–Trinajstić information content (AvgIpc) is 2.41. The maximum atomic E-state index is 13.6. The molecule has 0 aromatic heterocycles. The SMILES string of the molecule is COC(=O)CCCN(C)C(=O)c1cc(C)c(F)cc1F. The molecule has 0 heterocycles. The van der Waals surface area contributed by atoms with Crippen molar-refractivity contribution in [1.29, 1.82) is 0 Å². The van der Waals surface area contributed by atoms with Crippen LogP contribution in [0, 0.1) is 18.6 Å². The van der Waals surface area contributed by atoms with E-state index in [1.807, 2.05) is 0 Å². The molecule has 0 saturated carbocycles. The molecular formula is C14H17F2NO3. The first-order valence-electron chi connectivity index (χ1n) is 6.14. The standard InChI is InChI=1S/C14H17F2NO3/c1-9-7-10(12(16)8-11(9)15)14(19)17(2)6-4-5-13(18)20-3/h7-8H,4-6H2,1-3H3. The first-order valence-corrected chi connectivity index (χ1v) is 6.14. The van der Waals surface area contributed by atoms with Crippen LogP contribution in [0.15, 0.2) is 12.1 Å². The van der Waals surface area contributed by atoms with Gasteiger partial charge in [0.2, 0.25) is 0 Å². The molecule has 20 heavy (non-hydrogen) atoms. The van der Waals surface area contributed by atoms with E-state index >= 15 is 0 Å². The normalized spacial score (nSPS) is 10.2. The van der Waals surface area contributed by atoms with Gasteiger partial charge in [-0.3, -0.25) is 9.59 Å². The molecule has 1 aromatic carbocycles. The highest BCUT2D eigenvalue weighted by Crippen LogP contribution is 2.16. The zero-order valence-corrected chi connectivity index (χ0v) is 11.7. The predicted octanol–water partition coefficient (Wildman–Crippen LogP) is 2.30. The van der Waals surface area contributed by atoms with Crippen molar-refractivity contribution in [2.75, 3.05) is 20.7 Å². The molecule has 0 bridgehead atoms. The number of hydrogen-bond donors (Lipinski definition) is 0. The Morgan fingerprint density at radius 3 is 2.50 bits per heavy atom. The second kappa shape index (κ2) is 6.98. The van der Waals surface area contributed by atoms with Crippen molar-refractivity contribution < 1.29 is 23.1 Å². The Balaban J connectivity index is 2.70. The molecule has 0 saturated heterocycles. The van der Waals surface area contributed by atoms with Gasteiger partial charge in [-0.2, -0.15) is 0 Å². The minimum Gasteiger partial charge on any atom is -0.469 e. The van der Waals surface area contributed by atoms with Crippen LogP contribution in [0.5, 0.6) is 0 Å². The number of ether oxygens (including phenoxy) is 1. The minimum absolute atomic E-state index is 0.176. The molecule has 0 aliphatic heterocycles. The summed E-state index contributed by atoms with van der Waals surface area (Å²) in [6.45, 7) is 1.74. The number of carbonyl (C=O) groups is 2. The quantitative estimate of drug-likeness (QED) is 0.780. The van der Waals surface area contributed by atoms with Gasteiger partial charge in [-0.1, -0.05) is 0 Å². The summed E-state index contributed by atoms with van der Waals surface area (Å²) in [6, 6.07) is 1.88. The lowest BCUT2D eigenvalue weighted by Crippen LogP contribution is -2.29. The lowest BCUT2D eigenvalue weighted by molar-refractivity contribution is -0.140. The zero-order valence-electron chi connectivity index (χ0n) is 11.7. The first kappa shape index (κ1) is 16.1. The monoisotopic (exact) mass is 285 g/mol. The first-order chi connectivity index (χ1) is 9.36. The lowest BCUT2D eigenvalue weighted by Gasteiger charge is -2.17. The Hall–Kier alpha value is -1.98. The summed E-state index contributed by atoms with van der Waals surface area (Å²) >= 11 is 0. The van der Waals surface area contributed by atoms with Gasteiger partial charge in [0.15, 0.2) is 0 Å². The second-order valence-corrected chi connectivity index (χ2v) is 4.49. The fourth-order valence-electron chi connectivity index (χ4n) is 1.69. The van der Waals surface area contributed by atoms with Crippen molar-refractivity contribution in [3.05, 3.63) is 34.9 Å². The number of halogens is 2. The number of esters is 1. The van der Waals surface area contributed by atoms with Crippen molar-refractivity contribution in [3.63, 3.8) is 0 Å². The van der Waals surface area contributed by atoms with Crippen LogP contribution in [0.1, 0.15) is 28.8 Å². The van der Waals surface area contributed by atoms with E-state index in [-0.39, 0.29) is 30.1 Å². The van der Waals surface area contributed by atoms with Gasteiger partial charge >= 0.3 is 5.97 Å². The Morgan fingerprint density at radius 1 is 1.25 bits per heavy atom. The van der Waals surface area contributed by atoms with E-state index in [2.05, 4.69) is 4.74 Å². The van der Waals surface area contributed by atoms with E-state index in [1.165, 1.54) is 32.0 Å².